The molecule has 0 amide bonds. The normalized spacial score (nSPS) is 25.8. The molecular weight excluding hydrogens is 306 g/mol. The van der Waals surface area contributed by atoms with Crippen molar-refractivity contribution in [2.75, 3.05) is 31.9 Å². The van der Waals surface area contributed by atoms with Crippen molar-refractivity contribution in [3.05, 3.63) is 0 Å². The average Bonchev–Trinajstić information content (AvgIpc) is 2.97. The quantitative estimate of drug-likeness (QED) is 0.739. The van der Waals surface area contributed by atoms with E-state index in [4.69, 9.17) is 0 Å². The van der Waals surface area contributed by atoms with Crippen LogP contribution in [-0.4, -0.2) is 55.9 Å². The van der Waals surface area contributed by atoms with Crippen LogP contribution in [0.3, 0.4) is 0 Å². The molecular formula is C14H29N3O2S2. The van der Waals surface area contributed by atoms with E-state index < -0.39 is 10.2 Å². The Balaban J connectivity index is 1.72. The molecule has 0 aromatic heterocycles. The zero-order valence-corrected chi connectivity index (χ0v) is 14.8. The van der Waals surface area contributed by atoms with Crippen LogP contribution in [0.4, 0.5) is 0 Å². The van der Waals surface area contributed by atoms with E-state index in [0.717, 1.165) is 25.8 Å². The summed E-state index contributed by atoms with van der Waals surface area (Å²) in [4.78, 5) is 0. The van der Waals surface area contributed by atoms with Gasteiger partial charge >= 0.3 is 0 Å². The van der Waals surface area contributed by atoms with Crippen molar-refractivity contribution in [1.29, 1.82) is 0 Å². The highest BCUT2D eigenvalue weighted by molar-refractivity contribution is 8.00. The van der Waals surface area contributed by atoms with Crippen molar-refractivity contribution in [2.24, 2.45) is 5.92 Å². The van der Waals surface area contributed by atoms with Gasteiger partial charge in [0.15, 0.2) is 0 Å². The number of nitrogens with one attached hydrogen (secondary N) is 2. The van der Waals surface area contributed by atoms with Gasteiger partial charge in [-0.1, -0.05) is 13.8 Å². The Bertz CT molecular complexity index is 400. The third kappa shape index (κ3) is 5.71. The number of nitrogens with zero attached hydrogens (tertiary/aromatic N) is 1. The third-order valence-electron chi connectivity index (χ3n) is 4.25. The Kier molecular flexibility index (Phi) is 6.80. The Morgan fingerprint density at radius 2 is 1.90 bits per heavy atom. The van der Waals surface area contributed by atoms with Gasteiger partial charge in [0.05, 0.1) is 0 Å². The van der Waals surface area contributed by atoms with Gasteiger partial charge in [-0.3, -0.25) is 0 Å². The maximum Gasteiger partial charge on any atom is 0.279 e. The smallest absolute Gasteiger partial charge is 0.279 e. The van der Waals surface area contributed by atoms with Gasteiger partial charge < -0.3 is 5.32 Å². The van der Waals surface area contributed by atoms with E-state index in [2.05, 4.69) is 23.9 Å². The number of hydrogen-bond donors (Lipinski definition) is 2. The Hall–Kier alpha value is 0.180. The largest absolute Gasteiger partial charge is 0.314 e. The minimum Gasteiger partial charge on any atom is -0.314 e. The van der Waals surface area contributed by atoms with Gasteiger partial charge in [0, 0.05) is 30.9 Å². The molecule has 5 nitrogen and oxygen atoms in total. The van der Waals surface area contributed by atoms with E-state index >= 15 is 0 Å². The van der Waals surface area contributed by atoms with Crippen LogP contribution in [0.2, 0.25) is 0 Å². The summed E-state index contributed by atoms with van der Waals surface area (Å²) in [5.41, 5.74) is 0. The highest BCUT2D eigenvalue weighted by Gasteiger charge is 2.28. The van der Waals surface area contributed by atoms with Crippen molar-refractivity contribution >= 4 is 22.0 Å². The minimum absolute atomic E-state index is 0.465. The molecule has 0 saturated carbocycles. The molecule has 1 atom stereocenters. The predicted molar refractivity (Wildman–Crippen MR) is 89.8 cm³/mol. The van der Waals surface area contributed by atoms with Gasteiger partial charge in [-0.15, -0.1) is 0 Å². The van der Waals surface area contributed by atoms with Gasteiger partial charge in [0.2, 0.25) is 0 Å². The lowest BCUT2D eigenvalue weighted by Gasteiger charge is -2.32. The molecule has 0 aliphatic carbocycles. The van der Waals surface area contributed by atoms with Crippen LogP contribution >= 0.6 is 11.8 Å². The maximum absolute atomic E-state index is 12.3. The molecule has 2 aliphatic heterocycles. The molecule has 0 aromatic carbocycles. The van der Waals surface area contributed by atoms with Crippen LogP contribution in [0.1, 0.15) is 39.5 Å². The van der Waals surface area contributed by atoms with E-state index in [1.165, 1.54) is 12.2 Å². The molecule has 21 heavy (non-hydrogen) atoms. The summed E-state index contributed by atoms with van der Waals surface area (Å²) in [5, 5.41) is 3.91. The summed E-state index contributed by atoms with van der Waals surface area (Å²) in [7, 11) is -3.28. The first-order chi connectivity index (χ1) is 9.97. The van der Waals surface area contributed by atoms with Crippen molar-refractivity contribution in [3.63, 3.8) is 0 Å². The lowest BCUT2D eigenvalue weighted by molar-refractivity contribution is 0.261. The SMILES string of the molecule is CC(C)NCC1CCN(S(=O)(=O)NCC2CCCS2)CC1. The molecule has 0 radical (unpaired) electrons. The molecule has 0 spiro atoms. The van der Waals surface area contributed by atoms with E-state index in [1.807, 2.05) is 11.8 Å². The molecule has 2 heterocycles. The second kappa shape index (κ2) is 8.15. The number of piperidine rings is 1. The molecule has 2 aliphatic rings. The number of hydrogen-bond acceptors (Lipinski definition) is 4. The second-order valence-electron chi connectivity index (χ2n) is 6.39. The molecule has 2 saturated heterocycles. The van der Waals surface area contributed by atoms with Crippen molar-refractivity contribution in [2.45, 2.75) is 50.8 Å². The molecule has 2 rings (SSSR count). The van der Waals surface area contributed by atoms with Gasteiger partial charge in [0.25, 0.3) is 10.2 Å². The molecule has 0 aromatic rings. The van der Waals surface area contributed by atoms with Crippen LogP contribution in [0.25, 0.3) is 0 Å². The molecule has 2 N–H and O–H groups in total. The highest BCUT2D eigenvalue weighted by Crippen LogP contribution is 2.25. The fourth-order valence-corrected chi connectivity index (χ4v) is 5.44. The van der Waals surface area contributed by atoms with E-state index in [9.17, 15) is 8.42 Å². The molecule has 1 unspecified atom stereocenters. The maximum atomic E-state index is 12.3. The summed E-state index contributed by atoms with van der Waals surface area (Å²) in [6, 6.07) is 0.498. The minimum atomic E-state index is -3.28. The topological polar surface area (TPSA) is 61.4 Å². The first-order valence-electron chi connectivity index (χ1n) is 8.07. The van der Waals surface area contributed by atoms with Crippen LogP contribution in [0, 0.1) is 5.92 Å². The van der Waals surface area contributed by atoms with Crippen molar-refractivity contribution < 1.29 is 8.42 Å². The second-order valence-corrected chi connectivity index (χ2v) is 9.56. The van der Waals surface area contributed by atoms with E-state index in [0.29, 0.717) is 36.8 Å². The fraction of sp³-hybridized carbons (Fsp3) is 1.00. The lowest BCUT2D eigenvalue weighted by atomic mass is 9.98. The lowest BCUT2D eigenvalue weighted by Crippen LogP contribution is -2.47. The molecule has 0 bridgehead atoms. The van der Waals surface area contributed by atoms with Gasteiger partial charge in [-0.05, 0) is 43.9 Å². The van der Waals surface area contributed by atoms with Crippen LogP contribution in [0.15, 0.2) is 0 Å². The first-order valence-corrected chi connectivity index (χ1v) is 10.6. The Morgan fingerprint density at radius 3 is 2.48 bits per heavy atom. The van der Waals surface area contributed by atoms with E-state index in [-0.39, 0.29) is 0 Å². The Morgan fingerprint density at radius 1 is 1.19 bits per heavy atom. The summed E-state index contributed by atoms with van der Waals surface area (Å²) in [6.07, 6.45) is 4.26. The summed E-state index contributed by atoms with van der Waals surface area (Å²) < 4.78 is 29.0. The van der Waals surface area contributed by atoms with Crippen LogP contribution in [-0.2, 0) is 10.2 Å². The van der Waals surface area contributed by atoms with Gasteiger partial charge in [0.1, 0.15) is 0 Å². The van der Waals surface area contributed by atoms with Crippen LogP contribution < -0.4 is 10.0 Å². The standard InChI is InChI=1S/C14H29N3O2S2/c1-12(2)15-10-13-5-7-17(8-6-13)21(18,19)16-11-14-4-3-9-20-14/h12-16H,3-11H2,1-2H3. The Labute approximate surface area is 133 Å². The third-order valence-corrected chi connectivity index (χ3v) is 7.22. The summed E-state index contributed by atoms with van der Waals surface area (Å²) >= 11 is 1.89. The fourth-order valence-electron chi connectivity index (χ4n) is 2.85. The van der Waals surface area contributed by atoms with Gasteiger partial charge in [-0.25, -0.2) is 4.72 Å². The van der Waals surface area contributed by atoms with Crippen LogP contribution in [0.5, 0.6) is 0 Å². The highest BCUT2D eigenvalue weighted by atomic mass is 32.2. The van der Waals surface area contributed by atoms with Gasteiger partial charge in [-0.2, -0.15) is 24.5 Å². The predicted octanol–water partition coefficient (Wildman–Crippen LogP) is 1.43. The zero-order chi connectivity index (χ0) is 15.3. The number of thioether (sulfide) groups is 1. The van der Waals surface area contributed by atoms with Crippen molar-refractivity contribution in [1.82, 2.24) is 14.3 Å². The summed E-state index contributed by atoms with van der Waals surface area (Å²) in [5.74, 6) is 1.77. The molecule has 124 valence electrons. The average molecular weight is 336 g/mol. The zero-order valence-electron chi connectivity index (χ0n) is 13.2. The van der Waals surface area contributed by atoms with E-state index in [1.54, 1.807) is 4.31 Å². The van der Waals surface area contributed by atoms with Crippen molar-refractivity contribution in [3.8, 4) is 0 Å². The first kappa shape index (κ1) is 17.5. The molecule has 2 fully saturated rings. The molecule has 7 heteroatoms. The monoisotopic (exact) mass is 335 g/mol. The summed E-state index contributed by atoms with van der Waals surface area (Å²) in [6.45, 7) is 7.17. The number of rotatable bonds is 7.